The molecule has 14 heavy (non-hydrogen) atoms. The first-order valence-electron chi connectivity index (χ1n) is 3.68. The van der Waals surface area contributed by atoms with E-state index in [4.69, 9.17) is 5.11 Å². The Balaban J connectivity index is 2.83. The number of aromatic nitrogens is 1. The number of aryl methyl sites for hydroxylation is 1. The summed E-state index contributed by atoms with van der Waals surface area (Å²) >= 11 is 3.23. The summed E-state index contributed by atoms with van der Waals surface area (Å²) < 4.78 is 0.797. The number of halogens is 1. The number of carbonyl (C=O) groups excluding carboxylic acids is 1. The van der Waals surface area contributed by atoms with E-state index in [1.807, 2.05) is 0 Å². The summed E-state index contributed by atoms with van der Waals surface area (Å²) in [5.41, 5.74) is 0.674. The quantitative estimate of drug-likeness (QED) is 0.742. The zero-order valence-corrected chi connectivity index (χ0v) is 8.83. The van der Waals surface area contributed by atoms with Crippen LogP contribution >= 0.6 is 15.9 Å². The number of nitrogens with zero attached hydrogens (tertiary/aromatic N) is 1. The SMILES string of the molecule is Cc1nc(NC(=O)C(=O)O)ccc1Br. The predicted octanol–water partition coefficient (Wildman–Crippen LogP) is 1.18. The van der Waals surface area contributed by atoms with Crippen molar-refractivity contribution in [2.45, 2.75) is 6.92 Å². The van der Waals surface area contributed by atoms with Gasteiger partial charge in [0.25, 0.3) is 0 Å². The topological polar surface area (TPSA) is 79.3 Å². The number of pyridine rings is 1. The van der Waals surface area contributed by atoms with Crippen LogP contribution in [0.4, 0.5) is 5.82 Å². The molecule has 0 aliphatic heterocycles. The first-order valence-corrected chi connectivity index (χ1v) is 4.47. The minimum atomic E-state index is -1.53. The summed E-state index contributed by atoms with van der Waals surface area (Å²) in [5, 5.41) is 10.5. The Bertz CT molecular complexity index is 392. The smallest absolute Gasteiger partial charge is 0.394 e. The summed E-state index contributed by atoms with van der Waals surface area (Å²) in [6, 6.07) is 3.19. The van der Waals surface area contributed by atoms with Gasteiger partial charge in [0.2, 0.25) is 0 Å². The van der Waals surface area contributed by atoms with Crippen molar-refractivity contribution in [1.82, 2.24) is 4.98 Å². The van der Waals surface area contributed by atoms with E-state index in [9.17, 15) is 9.59 Å². The number of carboxylic acids is 1. The molecule has 1 aromatic rings. The molecule has 74 valence electrons. The van der Waals surface area contributed by atoms with Crippen LogP contribution in [0.15, 0.2) is 16.6 Å². The van der Waals surface area contributed by atoms with Crippen LogP contribution in [-0.2, 0) is 9.59 Å². The number of anilines is 1. The fourth-order valence-corrected chi connectivity index (χ4v) is 1.00. The molecule has 0 radical (unpaired) electrons. The zero-order valence-electron chi connectivity index (χ0n) is 7.24. The van der Waals surface area contributed by atoms with Gasteiger partial charge in [-0.1, -0.05) is 0 Å². The third-order valence-corrected chi connectivity index (χ3v) is 2.30. The Morgan fingerprint density at radius 3 is 2.64 bits per heavy atom. The summed E-state index contributed by atoms with van der Waals surface area (Å²) in [7, 11) is 0. The first kappa shape index (κ1) is 10.6. The maximum absolute atomic E-state index is 10.7. The van der Waals surface area contributed by atoms with Gasteiger partial charge in [0, 0.05) is 4.47 Å². The standard InChI is InChI=1S/C8H7BrN2O3/c1-4-5(9)2-3-6(10-4)11-7(12)8(13)14/h2-3H,1H3,(H,13,14)(H,10,11,12). The molecule has 1 heterocycles. The van der Waals surface area contributed by atoms with Gasteiger partial charge in [-0.3, -0.25) is 4.79 Å². The number of rotatable bonds is 1. The molecule has 2 N–H and O–H groups in total. The summed E-state index contributed by atoms with van der Waals surface area (Å²) in [4.78, 5) is 24.9. The lowest BCUT2D eigenvalue weighted by atomic mass is 10.4. The van der Waals surface area contributed by atoms with E-state index in [0.29, 0.717) is 5.69 Å². The predicted molar refractivity (Wildman–Crippen MR) is 52.9 cm³/mol. The fraction of sp³-hybridized carbons (Fsp3) is 0.125. The average Bonchev–Trinajstić information content (AvgIpc) is 2.11. The lowest BCUT2D eigenvalue weighted by Crippen LogP contribution is -2.22. The second-order valence-corrected chi connectivity index (χ2v) is 3.38. The van der Waals surface area contributed by atoms with Crippen molar-refractivity contribution in [3.8, 4) is 0 Å². The largest absolute Gasteiger partial charge is 0.474 e. The number of hydrogen-bond acceptors (Lipinski definition) is 3. The number of hydrogen-bond donors (Lipinski definition) is 2. The highest BCUT2D eigenvalue weighted by Gasteiger charge is 2.11. The minimum absolute atomic E-state index is 0.220. The van der Waals surface area contributed by atoms with E-state index in [1.54, 1.807) is 13.0 Å². The van der Waals surface area contributed by atoms with Gasteiger partial charge >= 0.3 is 11.9 Å². The Morgan fingerprint density at radius 1 is 1.50 bits per heavy atom. The molecular formula is C8H7BrN2O3. The Kier molecular flexibility index (Phi) is 3.19. The maximum atomic E-state index is 10.7. The molecule has 1 amide bonds. The molecule has 1 aromatic heterocycles. The molecule has 0 atom stereocenters. The van der Waals surface area contributed by atoms with Crippen LogP contribution < -0.4 is 5.32 Å². The minimum Gasteiger partial charge on any atom is -0.474 e. The van der Waals surface area contributed by atoms with E-state index in [1.165, 1.54) is 6.07 Å². The Labute approximate surface area is 88.3 Å². The number of nitrogens with one attached hydrogen (secondary N) is 1. The van der Waals surface area contributed by atoms with Crippen molar-refractivity contribution < 1.29 is 14.7 Å². The highest BCUT2D eigenvalue weighted by molar-refractivity contribution is 9.10. The van der Waals surface area contributed by atoms with Gasteiger partial charge < -0.3 is 10.4 Å². The van der Waals surface area contributed by atoms with E-state index in [2.05, 4.69) is 26.2 Å². The molecule has 0 aromatic carbocycles. The summed E-state index contributed by atoms with van der Waals surface area (Å²) in [6.07, 6.45) is 0. The van der Waals surface area contributed by atoms with Crippen LogP contribution in [0.3, 0.4) is 0 Å². The lowest BCUT2D eigenvalue weighted by Gasteiger charge is -2.02. The number of aliphatic carboxylic acids is 1. The van der Waals surface area contributed by atoms with E-state index in [0.717, 1.165) is 4.47 Å². The van der Waals surface area contributed by atoms with Crippen LogP contribution in [0.2, 0.25) is 0 Å². The number of amides is 1. The van der Waals surface area contributed by atoms with Crippen molar-refractivity contribution in [2.24, 2.45) is 0 Å². The van der Waals surface area contributed by atoms with Crippen molar-refractivity contribution in [3.05, 3.63) is 22.3 Å². The molecule has 0 aliphatic carbocycles. The third kappa shape index (κ3) is 2.53. The van der Waals surface area contributed by atoms with Crippen molar-refractivity contribution >= 4 is 33.6 Å². The zero-order chi connectivity index (χ0) is 10.7. The molecular weight excluding hydrogens is 252 g/mol. The molecule has 0 unspecified atom stereocenters. The van der Waals surface area contributed by atoms with Crippen LogP contribution in [-0.4, -0.2) is 22.0 Å². The van der Waals surface area contributed by atoms with Crippen molar-refractivity contribution in [3.63, 3.8) is 0 Å². The molecule has 0 saturated carbocycles. The fourth-order valence-electron chi connectivity index (χ4n) is 0.783. The van der Waals surface area contributed by atoms with Gasteiger partial charge in [-0.15, -0.1) is 0 Å². The second kappa shape index (κ2) is 4.19. The van der Waals surface area contributed by atoms with Crippen molar-refractivity contribution in [2.75, 3.05) is 5.32 Å². The number of carbonyl (C=O) groups is 2. The molecule has 6 heteroatoms. The molecule has 0 aliphatic rings. The molecule has 0 saturated heterocycles. The lowest BCUT2D eigenvalue weighted by molar-refractivity contribution is -0.147. The van der Waals surface area contributed by atoms with Crippen LogP contribution in [0.25, 0.3) is 0 Å². The normalized spacial score (nSPS) is 9.57. The Hall–Kier alpha value is -1.43. The van der Waals surface area contributed by atoms with E-state index in [-0.39, 0.29) is 5.82 Å². The highest BCUT2D eigenvalue weighted by Crippen LogP contribution is 2.15. The van der Waals surface area contributed by atoms with Gasteiger partial charge in [0.05, 0.1) is 5.69 Å². The third-order valence-electron chi connectivity index (χ3n) is 1.46. The summed E-state index contributed by atoms with van der Waals surface area (Å²) in [5.74, 6) is -2.41. The first-order chi connectivity index (χ1) is 6.50. The average molecular weight is 259 g/mol. The molecule has 0 bridgehead atoms. The van der Waals surface area contributed by atoms with Crippen LogP contribution in [0, 0.1) is 6.92 Å². The Morgan fingerprint density at radius 2 is 2.14 bits per heavy atom. The van der Waals surface area contributed by atoms with Gasteiger partial charge in [-0.05, 0) is 35.0 Å². The monoisotopic (exact) mass is 258 g/mol. The van der Waals surface area contributed by atoms with E-state index < -0.39 is 11.9 Å². The maximum Gasteiger partial charge on any atom is 0.394 e. The van der Waals surface area contributed by atoms with Gasteiger partial charge in [-0.25, -0.2) is 9.78 Å². The molecule has 0 fully saturated rings. The second-order valence-electron chi connectivity index (χ2n) is 2.52. The van der Waals surface area contributed by atoms with Gasteiger partial charge in [0.15, 0.2) is 0 Å². The van der Waals surface area contributed by atoms with Gasteiger partial charge in [-0.2, -0.15) is 0 Å². The number of carboxylic acid groups (broad SMARTS) is 1. The van der Waals surface area contributed by atoms with Crippen LogP contribution in [0.1, 0.15) is 5.69 Å². The van der Waals surface area contributed by atoms with Crippen LogP contribution in [0.5, 0.6) is 0 Å². The highest BCUT2D eigenvalue weighted by atomic mass is 79.9. The molecule has 5 nitrogen and oxygen atoms in total. The molecule has 0 spiro atoms. The van der Waals surface area contributed by atoms with E-state index >= 15 is 0 Å². The van der Waals surface area contributed by atoms with Gasteiger partial charge in [0.1, 0.15) is 5.82 Å². The molecule has 1 rings (SSSR count). The van der Waals surface area contributed by atoms with Crippen molar-refractivity contribution in [1.29, 1.82) is 0 Å². The summed E-state index contributed by atoms with van der Waals surface area (Å²) in [6.45, 7) is 1.74.